The minimum Gasteiger partial charge on any atom is -0.398 e. The van der Waals surface area contributed by atoms with E-state index < -0.39 is 0 Å². The fourth-order valence-corrected chi connectivity index (χ4v) is 3.23. The van der Waals surface area contributed by atoms with Gasteiger partial charge in [-0.25, -0.2) is 4.79 Å². The highest BCUT2D eigenvalue weighted by molar-refractivity contribution is 5.75. The molecule has 108 valence electrons. The lowest BCUT2D eigenvalue weighted by Crippen LogP contribution is -2.45. The molecule has 0 bridgehead atoms. The van der Waals surface area contributed by atoms with Crippen molar-refractivity contribution in [1.29, 1.82) is 0 Å². The van der Waals surface area contributed by atoms with Gasteiger partial charge in [-0.15, -0.1) is 0 Å². The predicted molar refractivity (Wildman–Crippen MR) is 80.4 cm³/mol. The lowest BCUT2D eigenvalue weighted by Gasteiger charge is -2.34. The number of nitrogen functional groups attached to an aromatic ring is 1. The number of nitrogens with two attached hydrogens (primary N) is 1. The molecule has 20 heavy (non-hydrogen) atoms. The minimum atomic E-state index is 0.195. The first-order valence-corrected chi connectivity index (χ1v) is 7.66. The zero-order chi connectivity index (χ0) is 13.9. The number of hydrogen-bond acceptors (Lipinski definition) is 2. The van der Waals surface area contributed by atoms with E-state index in [0.717, 1.165) is 50.1 Å². The van der Waals surface area contributed by atoms with Gasteiger partial charge in [0.25, 0.3) is 0 Å². The van der Waals surface area contributed by atoms with Crippen LogP contribution in [0.5, 0.6) is 0 Å². The average Bonchev–Trinajstić information content (AvgIpc) is 2.76. The molecule has 2 aliphatic heterocycles. The minimum absolute atomic E-state index is 0.195. The van der Waals surface area contributed by atoms with Crippen LogP contribution in [-0.2, 0) is 13.0 Å². The molecule has 0 radical (unpaired) electrons. The summed E-state index contributed by atoms with van der Waals surface area (Å²) in [5, 5.41) is 0. The van der Waals surface area contributed by atoms with Crippen LogP contribution in [-0.4, -0.2) is 35.5 Å². The molecule has 0 atom stereocenters. The van der Waals surface area contributed by atoms with Gasteiger partial charge < -0.3 is 15.5 Å². The molecule has 0 saturated carbocycles. The Morgan fingerprint density at radius 3 is 2.50 bits per heavy atom. The Labute approximate surface area is 120 Å². The molecule has 2 heterocycles. The quantitative estimate of drug-likeness (QED) is 0.739. The SMILES string of the molecule is Nc1cccc2c1CN(C(=O)N1CCCCCC1)CC2. The van der Waals surface area contributed by atoms with Crippen LogP contribution in [0.4, 0.5) is 10.5 Å². The zero-order valence-electron chi connectivity index (χ0n) is 12.0. The van der Waals surface area contributed by atoms with Gasteiger partial charge >= 0.3 is 6.03 Å². The topological polar surface area (TPSA) is 49.6 Å². The number of anilines is 1. The highest BCUT2D eigenvalue weighted by Crippen LogP contribution is 2.25. The van der Waals surface area contributed by atoms with Gasteiger partial charge in [0.05, 0.1) is 0 Å². The second-order valence-electron chi connectivity index (χ2n) is 5.84. The third-order valence-electron chi connectivity index (χ3n) is 4.46. The Balaban J connectivity index is 1.72. The van der Waals surface area contributed by atoms with Crippen molar-refractivity contribution in [2.45, 2.75) is 38.6 Å². The first-order chi connectivity index (χ1) is 9.75. The van der Waals surface area contributed by atoms with Gasteiger partial charge in [-0.2, -0.15) is 0 Å². The summed E-state index contributed by atoms with van der Waals surface area (Å²) < 4.78 is 0. The van der Waals surface area contributed by atoms with Crippen molar-refractivity contribution in [1.82, 2.24) is 9.80 Å². The van der Waals surface area contributed by atoms with Gasteiger partial charge in [-0.1, -0.05) is 25.0 Å². The van der Waals surface area contributed by atoms with Crippen molar-refractivity contribution in [3.05, 3.63) is 29.3 Å². The first kappa shape index (κ1) is 13.3. The molecular formula is C16H23N3O. The molecule has 0 aromatic heterocycles. The summed E-state index contributed by atoms with van der Waals surface area (Å²) in [4.78, 5) is 16.6. The standard InChI is InChI=1S/C16H23N3O/c17-15-7-5-6-13-8-11-19(12-14(13)15)16(20)18-9-3-1-2-4-10-18/h5-7H,1-4,8-12,17H2. The third-order valence-corrected chi connectivity index (χ3v) is 4.46. The average molecular weight is 273 g/mol. The Morgan fingerprint density at radius 2 is 1.75 bits per heavy atom. The van der Waals surface area contributed by atoms with Crippen molar-refractivity contribution < 1.29 is 4.79 Å². The fourth-order valence-electron chi connectivity index (χ4n) is 3.23. The second-order valence-corrected chi connectivity index (χ2v) is 5.84. The fraction of sp³-hybridized carbons (Fsp3) is 0.562. The molecule has 0 unspecified atom stereocenters. The maximum atomic E-state index is 12.6. The number of benzene rings is 1. The first-order valence-electron chi connectivity index (χ1n) is 7.66. The summed E-state index contributed by atoms with van der Waals surface area (Å²) in [5.41, 5.74) is 9.31. The van der Waals surface area contributed by atoms with E-state index in [1.165, 1.54) is 18.4 Å². The molecule has 1 saturated heterocycles. The van der Waals surface area contributed by atoms with Crippen LogP contribution in [0.3, 0.4) is 0 Å². The largest absolute Gasteiger partial charge is 0.398 e. The Bertz CT molecular complexity index is 492. The highest BCUT2D eigenvalue weighted by Gasteiger charge is 2.26. The lowest BCUT2D eigenvalue weighted by molar-refractivity contribution is 0.149. The van der Waals surface area contributed by atoms with Gasteiger partial charge in [0.15, 0.2) is 0 Å². The van der Waals surface area contributed by atoms with Gasteiger partial charge in [-0.05, 0) is 36.5 Å². The van der Waals surface area contributed by atoms with Crippen LogP contribution in [0.15, 0.2) is 18.2 Å². The van der Waals surface area contributed by atoms with Crippen LogP contribution >= 0.6 is 0 Å². The van der Waals surface area contributed by atoms with E-state index in [9.17, 15) is 4.79 Å². The number of nitrogens with zero attached hydrogens (tertiary/aromatic N) is 2. The van der Waals surface area contributed by atoms with Gasteiger partial charge in [0.1, 0.15) is 0 Å². The van der Waals surface area contributed by atoms with Crippen LogP contribution in [0, 0.1) is 0 Å². The molecule has 0 aliphatic carbocycles. The number of carbonyl (C=O) groups excluding carboxylic acids is 1. The molecule has 4 heteroatoms. The molecule has 2 amide bonds. The van der Waals surface area contributed by atoms with Crippen LogP contribution < -0.4 is 5.73 Å². The summed E-state index contributed by atoms with van der Waals surface area (Å²) in [6.45, 7) is 3.29. The van der Waals surface area contributed by atoms with Crippen LogP contribution in [0.25, 0.3) is 0 Å². The summed E-state index contributed by atoms with van der Waals surface area (Å²) in [6.07, 6.45) is 5.69. The number of urea groups is 1. The molecule has 3 rings (SSSR count). The van der Waals surface area contributed by atoms with Gasteiger partial charge in [0.2, 0.25) is 0 Å². The van der Waals surface area contributed by atoms with Crippen molar-refractivity contribution in [2.24, 2.45) is 0 Å². The number of amides is 2. The van der Waals surface area contributed by atoms with Crippen LogP contribution in [0.2, 0.25) is 0 Å². The molecule has 4 nitrogen and oxygen atoms in total. The molecule has 2 aliphatic rings. The molecule has 1 aromatic rings. The zero-order valence-corrected chi connectivity index (χ0v) is 12.0. The monoisotopic (exact) mass is 273 g/mol. The van der Waals surface area contributed by atoms with Crippen molar-refractivity contribution in [2.75, 3.05) is 25.4 Å². The van der Waals surface area contributed by atoms with E-state index in [1.807, 2.05) is 21.9 Å². The summed E-state index contributed by atoms with van der Waals surface area (Å²) in [6, 6.07) is 6.25. The number of likely N-dealkylation sites (tertiary alicyclic amines) is 1. The molecule has 1 aromatic carbocycles. The Hall–Kier alpha value is -1.71. The summed E-state index contributed by atoms with van der Waals surface area (Å²) in [7, 11) is 0. The van der Waals surface area contributed by atoms with Crippen LogP contribution in [0.1, 0.15) is 36.8 Å². The molecular weight excluding hydrogens is 250 g/mol. The maximum absolute atomic E-state index is 12.6. The van der Waals surface area contributed by atoms with Crippen molar-refractivity contribution in [3.63, 3.8) is 0 Å². The summed E-state index contributed by atoms with van der Waals surface area (Å²) in [5.74, 6) is 0. The van der Waals surface area contributed by atoms with E-state index in [0.29, 0.717) is 6.54 Å². The van der Waals surface area contributed by atoms with E-state index in [2.05, 4.69) is 6.07 Å². The third kappa shape index (κ3) is 2.60. The highest BCUT2D eigenvalue weighted by atomic mass is 16.2. The van der Waals surface area contributed by atoms with Crippen molar-refractivity contribution in [3.8, 4) is 0 Å². The van der Waals surface area contributed by atoms with Gasteiger partial charge in [0, 0.05) is 31.9 Å². The Kier molecular flexibility index (Phi) is 3.81. The van der Waals surface area contributed by atoms with Gasteiger partial charge in [-0.3, -0.25) is 0 Å². The number of rotatable bonds is 0. The van der Waals surface area contributed by atoms with E-state index in [-0.39, 0.29) is 6.03 Å². The number of hydrogen-bond donors (Lipinski definition) is 1. The lowest BCUT2D eigenvalue weighted by atomic mass is 9.98. The number of fused-ring (bicyclic) bond motifs is 1. The molecule has 1 fully saturated rings. The molecule has 0 spiro atoms. The van der Waals surface area contributed by atoms with E-state index in [4.69, 9.17) is 5.73 Å². The Morgan fingerprint density at radius 1 is 1.00 bits per heavy atom. The summed E-state index contributed by atoms with van der Waals surface area (Å²) >= 11 is 0. The molecule has 2 N–H and O–H groups in total. The maximum Gasteiger partial charge on any atom is 0.320 e. The second kappa shape index (κ2) is 5.73. The van der Waals surface area contributed by atoms with Crippen molar-refractivity contribution >= 4 is 11.7 Å². The smallest absolute Gasteiger partial charge is 0.320 e. The normalized spacial score (nSPS) is 19.4. The number of carbonyl (C=O) groups is 1. The van der Waals surface area contributed by atoms with E-state index >= 15 is 0 Å². The van der Waals surface area contributed by atoms with E-state index in [1.54, 1.807) is 0 Å². The predicted octanol–water partition coefficient (Wildman–Crippen LogP) is 2.62.